The van der Waals surface area contributed by atoms with E-state index in [2.05, 4.69) is 5.32 Å². The van der Waals surface area contributed by atoms with Gasteiger partial charge in [0.1, 0.15) is 15.9 Å². The second-order valence-corrected chi connectivity index (χ2v) is 9.44. The second-order valence-electron chi connectivity index (χ2n) is 8.42. The Bertz CT molecular complexity index is 1380. The predicted octanol–water partition coefficient (Wildman–Crippen LogP) is 4.26. The van der Waals surface area contributed by atoms with Crippen LogP contribution in [0.15, 0.2) is 54.6 Å². The first-order valence-electron chi connectivity index (χ1n) is 12.1. The number of amides is 3. The Morgan fingerprint density at radius 3 is 2.00 bits per heavy atom. The maximum absolute atomic E-state index is 13.8. The van der Waals surface area contributed by atoms with Crippen LogP contribution in [0.25, 0.3) is 0 Å². The summed E-state index contributed by atoms with van der Waals surface area (Å²) in [5.74, 6) is -3.20. The number of hydrogen-bond donors (Lipinski definition) is 1. The smallest absolute Gasteiger partial charge is 0.348 e. The summed E-state index contributed by atoms with van der Waals surface area (Å²) in [6.07, 6.45) is 0.0436. The van der Waals surface area contributed by atoms with Crippen molar-refractivity contribution in [2.75, 3.05) is 18.5 Å². The molecule has 1 aliphatic rings. The molecule has 0 bridgehead atoms. The molecule has 2 aromatic carbocycles. The van der Waals surface area contributed by atoms with Crippen molar-refractivity contribution in [2.24, 2.45) is 0 Å². The fourth-order valence-electron chi connectivity index (χ4n) is 4.27. The van der Waals surface area contributed by atoms with Gasteiger partial charge in [0.25, 0.3) is 11.8 Å². The molecular formula is C28H26N2O7S. The average molecular weight is 535 g/mol. The van der Waals surface area contributed by atoms with E-state index in [0.29, 0.717) is 5.56 Å². The van der Waals surface area contributed by atoms with Crippen LogP contribution in [0.4, 0.5) is 5.00 Å². The van der Waals surface area contributed by atoms with Crippen LogP contribution >= 0.6 is 11.3 Å². The van der Waals surface area contributed by atoms with E-state index < -0.39 is 35.7 Å². The SMILES string of the molecule is CCOC(=O)c1sc(NC(=O)[C@@H](Cc2ccccc2)N2C(=O)c3ccccc3C2=O)c(C(=O)OCC)c1C. The average Bonchev–Trinajstić information content (AvgIpc) is 3.36. The summed E-state index contributed by atoms with van der Waals surface area (Å²) in [6.45, 7) is 5.08. The Morgan fingerprint density at radius 1 is 0.868 bits per heavy atom. The van der Waals surface area contributed by atoms with Gasteiger partial charge in [0.15, 0.2) is 0 Å². The molecule has 0 radical (unpaired) electrons. The first-order chi connectivity index (χ1) is 18.3. The zero-order chi connectivity index (χ0) is 27.4. The number of thiophene rings is 1. The maximum atomic E-state index is 13.8. The summed E-state index contributed by atoms with van der Waals surface area (Å²) < 4.78 is 10.3. The van der Waals surface area contributed by atoms with E-state index in [0.717, 1.165) is 21.8 Å². The number of nitrogens with one attached hydrogen (secondary N) is 1. The molecule has 9 nitrogen and oxygen atoms in total. The highest BCUT2D eigenvalue weighted by atomic mass is 32.1. The van der Waals surface area contributed by atoms with Gasteiger partial charge >= 0.3 is 11.9 Å². The van der Waals surface area contributed by atoms with Crippen LogP contribution in [-0.4, -0.2) is 53.8 Å². The molecule has 1 N–H and O–H groups in total. The van der Waals surface area contributed by atoms with E-state index in [1.807, 2.05) is 6.07 Å². The number of fused-ring (bicyclic) bond motifs is 1. The number of rotatable bonds is 9. The number of ether oxygens (including phenoxy) is 2. The van der Waals surface area contributed by atoms with E-state index in [1.165, 1.54) is 0 Å². The molecule has 0 spiro atoms. The lowest BCUT2D eigenvalue weighted by Crippen LogP contribution is -2.48. The highest BCUT2D eigenvalue weighted by Gasteiger charge is 2.43. The first-order valence-corrected chi connectivity index (χ1v) is 12.9. The van der Waals surface area contributed by atoms with Crippen LogP contribution in [0.3, 0.4) is 0 Å². The topological polar surface area (TPSA) is 119 Å². The van der Waals surface area contributed by atoms with E-state index in [9.17, 15) is 24.0 Å². The van der Waals surface area contributed by atoms with E-state index in [-0.39, 0.29) is 46.2 Å². The number of imide groups is 1. The minimum Gasteiger partial charge on any atom is -0.462 e. The third-order valence-corrected chi connectivity index (χ3v) is 7.22. The fraction of sp³-hybridized carbons (Fsp3) is 0.250. The number of hydrogen-bond acceptors (Lipinski definition) is 8. The first kappa shape index (κ1) is 26.7. The van der Waals surface area contributed by atoms with Crippen LogP contribution in [0.5, 0.6) is 0 Å². The third-order valence-electron chi connectivity index (χ3n) is 6.04. The highest BCUT2D eigenvalue weighted by molar-refractivity contribution is 7.18. The summed E-state index contributed by atoms with van der Waals surface area (Å²) in [7, 11) is 0. The molecule has 2 heterocycles. The lowest BCUT2D eigenvalue weighted by Gasteiger charge is -2.25. The monoisotopic (exact) mass is 534 g/mol. The Labute approximate surface area is 223 Å². The molecule has 1 aromatic heterocycles. The van der Waals surface area contributed by atoms with E-state index in [4.69, 9.17) is 9.47 Å². The molecule has 1 aliphatic heterocycles. The molecule has 3 amide bonds. The largest absolute Gasteiger partial charge is 0.462 e. The van der Waals surface area contributed by atoms with Crippen LogP contribution < -0.4 is 5.32 Å². The van der Waals surface area contributed by atoms with Crippen molar-refractivity contribution in [1.29, 1.82) is 0 Å². The zero-order valence-corrected chi connectivity index (χ0v) is 21.9. The lowest BCUT2D eigenvalue weighted by atomic mass is 10.0. The Hall–Kier alpha value is -4.31. The lowest BCUT2D eigenvalue weighted by molar-refractivity contribution is -0.119. The summed E-state index contributed by atoms with van der Waals surface area (Å²) in [6, 6.07) is 14.1. The molecule has 1 atom stereocenters. The standard InChI is InChI=1S/C28H26N2O7S/c1-4-36-27(34)21-16(3)22(28(35)37-5-2)38-24(21)29-23(31)20(15-17-11-7-6-8-12-17)30-25(32)18-13-9-10-14-19(18)26(30)33/h6-14,20H,4-5,15H2,1-3H3,(H,29,31)/t20-/m1/s1. The predicted molar refractivity (Wildman–Crippen MR) is 140 cm³/mol. The second kappa shape index (κ2) is 11.4. The third kappa shape index (κ3) is 5.08. The van der Waals surface area contributed by atoms with Crippen molar-refractivity contribution >= 4 is 46.0 Å². The zero-order valence-electron chi connectivity index (χ0n) is 21.1. The quantitative estimate of drug-likeness (QED) is 0.322. The fourth-order valence-corrected chi connectivity index (χ4v) is 5.36. The molecular weight excluding hydrogens is 508 g/mol. The van der Waals surface area contributed by atoms with Crippen molar-refractivity contribution < 1.29 is 33.4 Å². The summed E-state index contributed by atoms with van der Waals surface area (Å²) in [4.78, 5) is 66.7. The molecule has 0 saturated heterocycles. The number of anilines is 1. The number of carbonyl (C=O) groups excluding carboxylic acids is 5. The molecule has 38 heavy (non-hydrogen) atoms. The van der Waals surface area contributed by atoms with Gasteiger partial charge in [-0.15, -0.1) is 11.3 Å². The van der Waals surface area contributed by atoms with E-state index in [1.54, 1.807) is 69.3 Å². The maximum Gasteiger partial charge on any atom is 0.348 e. The van der Waals surface area contributed by atoms with Crippen molar-refractivity contribution in [1.82, 2.24) is 4.90 Å². The Kier molecular flexibility index (Phi) is 8.02. The van der Waals surface area contributed by atoms with Crippen LogP contribution in [0.1, 0.15) is 65.7 Å². The summed E-state index contributed by atoms with van der Waals surface area (Å²) in [5.41, 5.74) is 1.49. The van der Waals surface area contributed by atoms with Crippen molar-refractivity contribution in [3.63, 3.8) is 0 Å². The van der Waals surface area contributed by atoms with Crippen LogP contribution in [0, 0.1) is 6.92 Å². The Balaban J connectivity index is 1.74. The number of esters is 2. The van der Waals surface area contributed by atoms with Gasteiger partial charge in [0.2, 0.25) is 5.91 Å². The molecule has 0 saturated carbocycles. The van der Waals surface area contributed by atoms with Gasteiger partial charge in [-0.2, -0.15) is 0 Å². The van der Waals surface area contributed by atoms with Crippen molar-refractivity contribution in [2.45, 2.75) is 33.2 Å². The summed E-state index contributed by atoms with van der Waals surface area (Å²) in [5, 5.41) is 2.77. The van der Waals surface area contributed by atoms with Gasteiger partial charge in [0, 0.05) is 6.42 Å². The van der Waals surface area contributed by atoms with Gasteiger partial charge in [-0.3, -0.25) is 19.3 Å². The van der Waals surface area contributed by atoms with Gasteiger partial charge in [-0.25, -0.2) is 9.59 Å². The minimum atomic E-state index is -1.23. The molecule has 10 heteroatoms. The molecule has 0 fully saturated rings. The number of nitrogens with zero attached hydrogens (tertiary/aromatic N) is 1. The normalized spacial score (nSPS) is 13.2. The highest BCUT2D eigenvalue weighted by Crippen LogP contribution is 2.35. The van der Waals surface area contributed by atoms with E-state index >= 15 is 0 Å². The van der Waals surface area contributed by atoms with Gasteiger partial charge < -0.3 is 14.8 Å². The van der Waals surface area contributed by atoms with Crippen LogP contribution in [0.2, 0.25) is 0 Å². The van der Waals surface area contributed by atoms with Crippen molar-refractivity contribution in [3.8, 4) is 0 Å². The summed E-state index contributed by atoms with van der Waals surface area (Å²) >= 11 is 0.876. The molecule has 4 rings (SSSR count). The van der Waals surface area contributed by atoms with Gasteiger partial charge in [-0.1, -0.05) is 42.5 Å². The molecule has 3 aromatic rings. The Morgan fingerprint density at radius 2 is 1.42 bits per heavy atom. The van der Waals surface area contributed by atoms with Crippen LogP contribution in [-0.2, 0) is 20.7 Å². The van der Waals surface area contributed by atoms with Gasteiger partial charge in [-0.05, 0) is 44.0 Å². The van der Waals surface area contributed by atoms with Gasteiger partial charge in [0.05, 0.1) is 29.9 Å². The van der Waals surface area contributed by atoms with Crippen molar-refractivity contribution in [3.05, 3.63) is 87.3 Å². The molecule has 196 valence electrons. The molecule has 0 aliphatic carbocycles. The number of carbonyl (C=O) groups is 5. The number of benzene rings is 2. The molecule has 0 unspecified atom stereocenters. The minimum absolute atomic E-state index is 0.0223.